The molecule has 0 aromatic heterocycles. The zero-order valence-electron chi connectivity index (χ0n) is 21.0. The summed E-state index contributed by atoms with van der Waals surface area (Å²) in [5.74, 6) is 0.446. The molecule has 33 heavy (non-hydrogen) atoms. The molecule has 1 N–H and O–H groups in total. The molecule has 1 heterocycles. The molecule has 1 saturated heterocycles. The Kier molecular flexibility index (Phi) is 9.70. The van der Waals surface area contributed by atoms with Crippen molar-refractivity contribution in [2.45, 2.75) is 90.8 Å². The smallest absolute Gasteiger partial charge is 0.341 e. The van der Waals surface area contributed by atoms with Crippen LogP contribution >= 0.6 is 0 Å². The lowest BCUT2D eigenvalue weighted by Gasteiger charge is -2.23. The van der Waals surface area contributed by atoms with Crippen LogP contribution in [-0.4, -0.2) is 43.3 Å². The summed E-state index contributed by atoms with van der Waals surface area (Å²) in [6, 6.07) is 3.01. The van der Waals surface area contributed by atoms with Gasteiger partial charge < -0.3 is 19.5 Å². The third-order valence-corrected chi connectivity index (χ3v) is 5.38. The van der Waals surface area contributed by atoms with Crippen molar-refractivity contribution < 1.29 is 28.2 Å². The summed E-state index contributed by atoms with van der Waals surface area (Å²) < 4.78 is 30.4. The summed E-state index contributed by atoms with van der Waals surface area (Å²) in [5, 5.41) is 3.36. The number of benzene rings is 1. The normalized spacial score (nSPS) is 16.9. The number of halogens is 1. The van der Waals surface area contributed by atoms with Crippen molar-refractivity contribution >= 4 is 12.4 Å². The van der Waals surface area contributed by atoms with Crippen molar-refractivity contribution in [2.75, 3.05) is 19.7 Å². The quantitative estimate of drug-likeness (QED) is 0.430. The monoisotopic (exact) mass is 465 g/mol. The highest BCUT2D eigenvalue weighted by atomic mass is 19.1. The fourth-order valence-corrected chi connectivity index (χ4v) is 3.55. The molecule has 2 aliphatic rings. The summed E-state index contributed by atoms with van der Waals surface area (Å²) in [6.07, 6.45) is 5.45. The first-order valence-corrected chi connectivity index (χ1v) is 11.9. The van der Waals surface area contributed by atoms with Gasteiger partial charge in [-0.05, 0) is 110 Å². The Bertz CT molecular complexity index is 787. The Hall–Kier alpha value is -2.15. The Labute approximate surface area is 197 Å². The fraction of sp³-hybridized carbons (Fsp3) is 0.692. The van der Waals surface area contributed by atoms with Gasteiger partial charge in [0.1, 0.15) is 22.8 Å². The predicted molar refractivity (Wildman–Crippen MR) is 126 cm³/mol. The second-order valence-corrected chi connectivity index (χ2v) is 10.8. The lowest BCUT2D eigenvalue weighted by atomic mass is 9.95. The highest BCUT2D eigenvalue weighted by Crippen LogP contribution is 2.45. The molecule has 6 nitrogen and oxygen atoms in total. The van der Waals surface area contributed by atoms with E-state index in [2.05, 4.69) is 10.1 Å². The van der Waals surface area contributed by atoms with Gasteiger partial charge in [-0.25, -0.2) is 9.18 Å². The fourth-order valence-electron chi connectivity index (χ4n) is 3.55. The minimum atomic E-state index is -0.646. The van der Waals surface area contributed by atoms with E-state index >= 15 is 0 Å². The SMILES string of the molecule is CC(C)(C)OC(=O)c1cc(C2CC2)c(OCCC2CCNCC2)cc1F.CC(C)(C)OC=O. The predicted octanol–water partition coefficient (Wildman–Crippen LogP) is 5.38. The number of nitrogens with one attached hydrogen (secondary N) is 1. The molecule has 1 aromatic rings. The van der Waals surface area contributed by atoms with Gasteiger partial charge in [0.05, 0.1) is 12.2 Å². The molecular weight excluding hydrogens is 425 g/mol. The topological polar surface area (TPSA) is 73.9 Å². The summed E-state index contributed by atoms with van der Waals surface area (Å²) >= 11 is 0. The summed E-state index contributed by atoms with van der Waals surface area (Å²) in [7, 11) is 0. The zero-order chi connectivity index (χ0) is 24.6. The van der Waals surface area contributed by atoms with Crippen LogP contribution in [0.5, 0.6) is 5.75 Å². The lowest BCUT2D eigenvalue weighted by Crippen LogP contribution is -2.28. The van der Waals surface area contributed by atoms with Gasteiger partial charge in [-0.3, -0.25) is 4.79 Å². The molecule has 0 spiro atoms. The summed E-state index contributed by atoms with van der Waals surface area (Å²) in [5.41, 5.74) is -0.0141. The molecule has 0 radical (unpaired) electrons. The molecule has 1 aliphatic heterocycles. The number of carbonyl (C=O) groups is 2. The molecule has 0 unspecified atom stereocenters. The van der Waals surface area contributed by atoms with E-state index in [1.807, 2.05) is 20.8 Å². The van der Waals surface area contributed by atoms with Crippen molar-refractivity contribution in [1.82, 2.24) is 5.32 Å². The van der Waals surface area contributed by atoms with Gasteiger partial charge in [-0.2, -0.15) is 0 Å². The molecule has 3 rings (SSSR count). The van der Waals surface area contributed by atoms with E-state index < -0.39 is 17.4 Å². The summed E-state index contributed by atoms with van der Waals surface area (Å²) in [6.45, 7) is 14.0. The van der Waals surface area contributed by atoms with Gasteiger partial charge in [0.15, 0.2) is 0 Å². The Morgan fingerprint density at radius 2 is 1.70 bits per heavy atom. The van der Waals surface area contributed by atoms with Gasteiger partial charge in [-0.15, -0.1) is 0 Å². The molecule has 1 saturated carbocycles. The molecule has 1 aromatic carbocycles. The van der Waals surface area contributed by atoms with E-state index in [1.54, 1.807) is 26.8 Å². The third kappa shape index (κ3) is 10.1. The molecule has 7 heteroatoms. The Morgan fingerprint density at radius 3 is 2.18 bits per heavy atom. The van der Waals surface area contributed by atoms with Crippen LogP contribution < -0.4 is 10.1 Å². The lowest BCUT2D eigenvalue weighted by molar-refractivity contribution is -0.138. The van der Waals surface area contributed by atoms with Crippen LogP contribution in [0.2, 0.25) is 0 Å². The van der Waals surface area contributed by atoms with Gasteiger partial charge in [0.2, 0.25) is 0 Å². The maximum absolute atomic E-state index is 14.5. The van der Waals surface area contributed by atoms with E-state index in [4.69, 9.17) is 9.47 Å². The Morgan fingerprint density at radius 1 is 1.06 bits per heavy atom. The van der Waals surface area contributed by atoms with E-state index in [1.165, 1.54) is 18.9 Å². The highest BCUT2D eigenvalue weighted by Gasteiger charge is 2.30. The van der Waals surface area contributed by atoms with Crippen LogP contribution in [0, 0.1) is 11.7 Å². The number of carbonyl (C=O) groups excluding carboxylic acids is 2. The van der Waals surface area contributed by atoms with Crippen LogP contribution in [0.1, 0.15) is 95.5 Å². The van der Waals surface area contributed by atoms with Gasteiger partial charge in [0, 0.05) is 6.07 Å². The second kappa shape index (κ2) is 11.8. The maximum atomic E-state index is 14.5. The van der Waals surface area contributed by atoms with Crippen LogP contribution in [-0.2, 0) is 14.3 Å². The average Bonchev–Trinajstić information content (AvgIpc) is 3.52. The minimum absolute atomic E-state index is 0.00697. The third-order valence-electron chi connectivity index (χ3n) is 5.38. The number of hydrogen-bond donors (Lipinski definition) is 1. The van der Waals surface area contributed by atoms with Gasteiger partial charge in [0.25, 0.3) is 6.47 Å². The number of hydrogen-bond acceptors (Lipinski definition) is 6. The van der Waals surface area contributed by atoms with E-state index in [9.17, 15) is 14.0 Å². The highest BCUT2D eigenvalue weighted by molar-refractivity contribution is 5.90. The van der Waals surface area contributed by atoms with Crippen LogP contribution in [0.25, 0.3) is 0 Å². The van der Waals surface area contributed by atoms with E-state index in [-0.39, 0.29) is 11.2 Å². The molecule has 0 atom stereocenters. The molecule has 2 fully saturated rings. The van der Waals surface area contributed by atoms with Crippen LogP contribution in [0.4, 0.5) is 4.39 Å². The average molecular weight is 466 g/mol. The molecule has 1 aliphatic carbocycles. The first-order valence-electron chi connectivity index (χ1n) is 11.9. The van der Waals surface area contributed by atoms with Crippen LogP contribution in [0.15, 0.2) is 12.1 Å². The number of rotatable bonds is 7. The Balaban J connectivity index is 0.000000479. The molecule has 0 amide bonds. The maximum Gasteiger partial charge on any atom is 0.341 e. The van der Waals surface area contributed by atoms with Crippen molar-refractivity contribution in [3.63, 3.8) is 0 Å². The van der Waals surface area contributed by atoms with Gasteiger partial charge >= 0.3 is 5.97 Å². The van der Waals surface area contributed by atoms with E-state index in [0.29, 0.717) is 30.7 Å². The van der Waals surface area contributed by atoms with Crippen LogP contribution in [0.3, 0.4) is 0 Å². The second-order valence-electron chi connectivity index (χ2n) is 10.8. The van der Waals surface area contributed by atoms with Crippen molar-refractivity contribution in [3.05, 3.63) is 29.1 Å². The number of piperidine rings is 1. The largest absolute Gasteiger partial charge is 0.493 e. The first-order chi connectivity index (χ1) is 15.4. The minimum Gasteiger partial charge on any atom is -0.493 e. The molecule has 0 bridgehead atoms. The number of ether oxygens (including phenoxy) is 3. The van der Waals surface area contributed by atoms with Gasteiger partial charge in [-0.1, -0.05) is 0 Å². The zero-order valence-corrected chi connectivity index (χ0v) is 21.0. The molecular formula is C26H40FNO5. The van der Waals surface area contributed by atoms with Crippen molar-refractivity contribution in [1.29, 1.82) is 0 Å². The van der Waals surface area contributed by atoms with Crippen molar-refractivity contribution in [3.8, 4) is 5.75 Å². The van der Waals surface area contributed by atoms with E-state index in [0.717, 1.165) is 37.9 Å². The summed E-state index contributed by atoms with van der Waals surface area (Å²) in [4.78, 5) is 21.9. The van der Waals surface area contributed by atoms with Crippen molar-refractivity contribution in [2.24, 2.45) is 5.92 Å². The first kappa shape index (κ1) is 27.1. The number of esters is 1. The standard InChI is InChI=1S/C21H30FNO3.C5H10O2/c1-21(2,3)26-20(24)17-12-16(15-4-5-15)19(13-18(17)22)25-11-8-14-6-9-23-10-7-14;1-5(2,3)7-4-6/h12-15,23H,4-11H2,1-3H3;4H,1-3H3. The molecule has 186 valence electrons.